The Hall–Kier alpha value is -3.64. The summed E-state index contributed by atoms with van der Waals surface area (Å²) in [5.41, 5.74) is 3.40. The van der Waals surface area contributed by atoms with E-state index in [9.17, 15) is 13.6 Å². The molecule has 32 heavy (non-hydrogen) atoms. The molecule has 0 unspecified atom stereocenters. The van der Waals surface area contributed by atoms with E-state index in [-0.39, 0.29) is 5.69 Å². The Morgan fingerprint density at radius 1 is 1.09 bits per heavy atom. The lowest BCUT2D eigenvalue weighted by molar-refractivity contribution is -0.111. The summed E-state index contributed by atoms with van der Waals surface area (Å²) >= 11 is 5.99. The zero-order chi connectivity index (χ0) is 22.8. The molecule has 7 heteroatoms. The van der Waals surface area contributed by atoms with Gasteiger partial charge in [0.05, 0.1) is 19.1 Å². The van der Waals surface area contributed by atoms with Gasteiger partial charge in [0.1, 0.15) is 23.0 Å². The highest BCUT2D eigenvalue weighted by Gasteiger charge is 2.15. The number of nitrogens with one attached hydrogen (secondary N) is 1. The zero-order valence-electron chi connectivity index (χ0n) is 17.2. The Labute approximate surface area is 188 Å². The van der Waals surface area contributed by atoms with Crippen LogP contribution in [0.1, 0.15) is 12.5 Å². The van der Waals surface area contributed by atoms with E-state index in [0.29, 0.717) is 27.5 Å². The standard InChI is InChI=1S/C25H18ClF2NO3/c1-14(9-25(30)29-22-10-17(27)7-8-21(22)28)18-11-19-20(15-3-5-16(26)6-4-15)13-32-24(19)12-23(18)31-2/h3-13H,1-2H3,(H,29,30)/b14-9+. The third-order valence-electron chi connectivity index (χ3n) is 5.01. The van der Waals surface area contributed by atoms with Gasteiger partial charge in [-0.15, -0.1) is 0 Å². The number of ether oxygens (including phenoxy) is 1. The second kappa shape index (κ2) is 8.85. The maximum Gasteiger partial charge on any atom is 0.248 e. The first-order chi connectivity index (χ1) is 15.4. The van der Waals surface area contributed by atoms with E-state index in [1.807, 2.05) is 18.2 Å². The molecule has 4 aromatic rings. The number of amides is 1. The monoisotopic (exact) mass is 453 g/mol. The highest BCUT2D eigenvalue weighted by Crippen LogP contribution is 2.37. The molecule has 1 aromatic heterocycles. The second-order valence-corrected chi connectivity index (χ2v) is 7.58. The lowest BCUT2D eigenvalue weighted by Gasteiger charge is -2.10. The zero-order valence-corrected chi connectivity index (χ0v) is 18.0. The number of benzene rings is 3. The quantitative estimate of drug-likeness (QED) is 0.328. The van der Waals surface area contributed by atoms with Crippen LogP contribution in [0.15, 0.2) is 71.4 Å². The Bertz CT molecular complexity index is 1340. The number of anilines is 1. The first-order valence-corrected chi connectivity index (χ1v) is 10.0. The molecule has 0 saturated carbocycles. The second-order valence-electron chi connectivity index (χ2n) is 7.15. The molecule has 0 aliphatic rings. The van der Waals surface area contributed by atoms with Crippen molar-refractivity contribution in [1.29, 1.82) is 0 Å². The summed E-state index contributed by atoms with van der Waals surface area (Å²) in [5, 5.41) is 3.82. The van der Waals surface area contributed by atoms with Crippen LogP contribution in [0.4, 0.5) is 14.5 Å². The summed E-state index contributed by atoms with van der Waals surface area (Å²) in [4.78, 5) is 12.4. The van der Waals surface area contributed by atoms with Crippen LogP contribution in [0, 0.1) is 11.6 Å². The molecule has 4 rings (SSSR count). The highest BCUT2D eigenvalue weighted by molar-refractivity contribution is 6.30. The van der Waals surface area contributed by atoms with E-state index in [1.54, 1.807) is 31.4 Å². The van der Waals surface area contributed by atoms with Gasteiger partial charge in [-0.2, -0.15) is 0 Å². The molecular formula is C25H18ClF2NO3. The molecule has 1 N–H and O–H groups in total. The van der Waals surface area contributed by atoms with Gasteiger partial charge in [0.25, 0.3) is 0 Å². The molecule has 0 spiro atoms. The summed E-state index contributed by atoms with van der Waals surface area (Å²) in [5.74, 6) is -1.47. The molecule has 0 aliphatic carbocycles. The first kappa shape index (κ1) is 21.6. The van der Waals surface area contributed by atoms with Crippen LogP contribution in [0.2, 0.25) is 5.02 Å². The molecule has 0 atom stereocenters. The number of carbonyl (C=O) groups excluding carboxylic acids is 1. The van der Waals surface area contributed by atoms with Crippen molar-refractivity contribution in [3.63, 3.8) is 0 Å². The fourth-order valence-corrected chi connectivity index (χ4v) is 3.55. The van der Waals surface area contributed by atoms with Gasteiger partial charge in [0.15, 0.2) is 0 Å². The SMILES string of the molecule is COc1cc2occ(-c3ccc(Cl)cc3)c2cc1/C(C)=C/C(=O)Nc1cc(F)ccc1F. The van der Waals surface area contributed by atoms with Gasteiger partial charge in [-0.25, -0.2) is 8.78 Å². The van der Waals surface area contributed by atoms with Gasteiger partial charge < -0.3 is 14.5 Å². The number of rotatable bonds is 5. The van der Waals surface area contributed by atoms with Crippen LogP contribution in [-0.4, -0.2) is 13.0 Å². The fourth-order valence-electron chi connectivity index (χ4n) is 3.42. The smallest absolute Gasteiger partial charge is 0.248 e. The van der Waals surface area contributed by atoms with E-state index >= 15 is 0 Å². The van der Waals surface area contributed by atoms with Crippen molar-refractivity contribution in [2.24, 2.45) is 0 Å². The summed E-state index contributed by atoms with van der Waals surface area (Å²) < 4.78 is 38.4. The lowest BCUT2D eigenvalue weighted by Crippen LogP contribution is -2.10. The van der Waals surface area contributed by atoms with Crippen LogP contribution in [0.5, 0.6) is 5.75 Å². The maximum atomic E-state index is 13.8. The van der Waals surface area contributed by atoms with Crippen molar-refractivity contribution in [3.05, 3.63) is 89.2 Å². The number of hydrogen-bond acceptors (Lipinski definition) is 3. The number of carbonyl (C=O) groups is 1. The third kappa shape index (κ3) is 4.36. The van der Waals surface area contributed by atoms with Crippen molar-refractivity contribution >= 4 is 39.7 Å². The average Bonchev–Trinajstić information content (AvgIpc) is 3.18. The van der Waals surface area contributed by atoms with Crippen molar-refractivity contribution in [2.75, 3.05) is 12.4 Å². The van der Waals surface area contributed by atoms with Crippen molar-refractivity contribution in [3.8, 4) is 16.9 Å². The van der Waals surface area contributed by atoms with E-state index in [2.05, 4.69) is 5.32 Å². The van der Waals surface area contributed by atoms with Crippen molar-refractivity contribution in [2.45, 2.75) is 6.92 Å². The minimum Gasteiger partial charge on any atom is -0.496 e. The highest BCUT2D eigenvalue weighted by atomic mass is 35.5. The van der Waals surface area contributed by atoms with Crippen LogP contribution in [0.3, 0.4) is 0 Å². The molecule has 0 bridgehead atoms. The van der Waals surface area contributed by atoms with Gasteiger partial charge in [-0.1, -0.05) is 23.7 Å². The normalized spacial score (nSPS) is 11.6. The van der Waals surface area contributed by atoms with Gasteiger partial charge >= 0.3 is 0 Å². The predicted octanol–water partition coefficient (Wildman–Crippen LogP) is 7.08. The van der Waals surface area contributed by atoms with E-state index in [1.165, 1.54) is 13.2 Å². The largest absolute Gasteiger partial charge is 0.496 e. The van der Waals surface area contributed by atoms with Crippen molar-refractivity contribution < 1.29 is 22.7 Å². The molecule has 0 radical (unpaired) electrons. The number of methoxy groups -OCH3 is 1. The molecule has 0 aliphatic heterocycles. The van der Waals surface area contributed by atoms with Gasteiger partial charge in [0, 0.05) is 39.7 Å². The molecule has 4 nitrogen and oxygen atoms in total. The Balaban J connectivity index is 1.71. The Morgan fingerprint density at radius 3 is 2.56 bits per heavy atom. The van der Waals surface area contributed by atoms with E-state index < -0.39 is 17.5 Å². The summed E-state index contributed by atoms with van der Waals surface area (Å²) in [6.45, 7) is 1.73. The number of furan rings is 1. The summed E-state index contributed by atoms with van der Waals surface area (Å²) in [7, 11) is 1.52. The number of hydrogen-bond donors (Lipinski definition) is 1. The van der Waals surface area contributed by atoms with Crippen molar-refractivity contribution in [1.82, 2.24) is 0 Å². The predicted molar refractivity (Wildman–Crippen MR) is 122 cm³/mol. The lowest BCUT2D eigenvalue weighted by atomic mass is 9.99. The minimum atomic E-state index is -0.726. The number of fused-ring (bicyclic) bond motifs is 1. The summed E-state index contributed by atoms with van der Waals surface area (Å²) in [6, 6.07) is 13.8. The first-order valence-electron chi connectivity index (χ1n) is 9.65. The molecule has 0 fully saturated rings. The molecule has 1 heterocycles. The van der Waals surface area contributed by atoms with Gasteiger partial charge in [-0.05, 0) is 48.4 Å². The molecule has 0 saturated heterocycles. The summed E-state index contributed by atoms with van der Waals surface area (Å²) in [6.07, 6.45) is 2.95. The van der Waals surface area contributed by atoms with E-state index in [0.717, 1.165) is 34.7 Å². The minimum absolute atomic E-state index is 0.235. The fraction of sp³-hybridized carbons (Fsp3) is 0.0800. The third-order valence-corrected chi connectivity index (χ3v) is 5.26. The van der Waals surface area contributed by atoms with Gasteiger partial charge in [-0.3, -0.25) is 4.79 Å². The van der Waals surface area contributed by atoms with Crippen LogP contribution < -0.4 is 10.1 Å². The van der Waals surface area contributed by atoms with Crippen LogP contribution in [0.25, 0.3) is 27.7 Å². The molecule has 162 valence electrons. The average molecular weight is 454 g/mol. The van der Waals surface area contributed by atoms with Crippen LogP contribution >= 0.6 is 11.6 Å². The molecule has 1 amide bonds. The molecular weight excluding hydrogens is 436 g/mol. The van der Waals surface area contributed by atoms with Crippen LogP contribution in [-0.2, 0) is 4.79 Å². The Kier molecular flexibility index (Phi) is 5.97. The Morgan fingerprint density at radius 2 is 1.84 bits per heavy atom. The maximum absolute atomic E-state index is 13.8. The van der Waals surface area contributed by atoms with Gasteiger partial charge in [0.2, 0.25) is 5.91 Å². The topological polar surface area (TPSA) is 51.5 Å². The molecule has 3 aromatic carbocycles. The number of allylic oxidation sites excluding steroid dienone is 1. The number of halogens is 3. The van der Waals surface area contributed by atoms with E-state index in [4.69, 9.17) is 20.8 Å².